The normalized spacial score (nSPS) is 11.0. The van der Waals surface area contributed by atoms with E-state index in [0.717, 1.165) is 21.9 Å². The molecule has 2 rings (SSSR count). The molecule has 0 aliphatic heterocycles. The Morgan fingerprint density at radius 1 is 1.00 bits per heavy atom. The van der Waals surface area contributed by atoms with E-state index in [-0.39, 0.29) is 11.6 Å². The molecule has 0 aliphatic rings. The van der Waals surface area contributed by atoms with Crippen molar-refractivity contribution in [2.75, 3.05) is 14.1 Å². The lowest BCUT2D eigenvalue weighted by molar-refractivity contribution is 0.398. The molecule has 0 spiro atoms. The summed E-state index contributed by atoms with van der Waals surface area (Å²) in [5.74, 6) is -0.558. The van der Waals surface area contributed by atoms with E-state index in [9.17, 15) is 8.78 Å². The van der Waals surface area contributed by atoms with Crippen LogP contribution in [-0.2, 0) is 6.54 Å². The molecule has 1 nitrogen and oxygen atoms in total. The molecule has 0 atom stereocenters. The first-order valence-electron chi connectivity index (χ1n) is 5.91. The Kier molecular flexibility index (Phi) is 4.56. The topological polar surface area (TPSA) is 3.24 Å². The standard InChI is InChI=1S/C15H15F2NS/c1-18(2)10-11-6-7-13(17)9-15(11)19-14-5-3-4-12(16)8-14/h3-9H,10H2,1-2H3. The molecule has 2 aromatic carbocycles. The van der Waals surface area contributed by atoms with Crippen LogP contribution in [0.3, 0.4) is 0 Å². The summed E-state index contributed by atoms with van der Waals surface area (Å²) in [6.07, 6.45) is 0. The number of rotatable bonds is 4. The molecule has 0 fully saturated rings. The van der Waals surface area contributed by atoms with Gasteiger partial charge in [0.05, 0.1) is 0 Å². The van der Waals surface area contributed by atoms with Gasteiger partial charge in [0.2, 0.25) is 0 Å². The lowest BCUT2D eigenvalue weighted by atomic mass is 10.2. The van der Waals surface area contributed by atoms with E-state index in [1.165, 1.54) is 36.0 Å². The third-order valence-electron chi connectivity index (χ3n) is 2.54. The first kappa shape index (κ1) is 14.0. The largest absolute Gasteiger partial charge is 0.305 e. The van der Waals surface area contributed by atoms with Crippen molar-refractivity contribution >= 4 is 11.8 Å². The molecule has 0 heterocycles. The molecule has 0 saturated carbocycles. The molecular weight excluding hydrogens is 264 g/mol. The predicted molar refractivity (Wildman–Crippen MR) is 74.3 cm³/mol. The molecule has 4 heteroatoms. The number of hydrogen-bond acceptors (Lipinski definition) is 2. The maximum atomic E-state index is 13.4. The Morgan fingerprint density at radius 3 is 2.42 bits per heavy atom. The van der Waals surface area contributed by atoms with E-state index < -0.39 is 0 Å². The highest BCUT2D eigenvalue weighted by Crippen LogP contribution is 2.31. The van der Waals surface area contributed by atoms with E-state index in [0.29, 0.717) is 0 Å². The summed E-state index contributed by atoms with van der Waals surface area (Å²) in [6, 6.07) is 11.0. The molecule has 19 heavy (non-hydrogen) atoms. The van der Waals surface area contributed by atoms with Crippen molar-refractivity contribution in [3.05, 3.63) is 59.7 Å². The second kappa shape index (κ2) is 6.17. The molecule has 0 unspecified atom stereocenters. The number of benzene rings is 2. The quantitative estimate of drug-likeness (QED) is 0.826. The zero-order chi connectivity index (χ0) is 13.8. The lowest BCUT2D eigenvalue weighted by Crippen LogP contribution is -2.11. The predicted octanol–water partition coefficient (Wildman–Crippen LogP) is 4.18. The third-order valence-corrected chi connectivity index (χ3v) is 3.63. The van der Waals surface area contributed by atoms with Crippen LogP contribution in [0.15, 0.2) is 52.3 Å². The zero-order valence-corrected chi connectivity index (χ0v) is 11.7. The van der Waals surface area contributed by atoms with E-state index in [2.05, 4.69) is 0 Å². The van der Waals surface area contributed by atoms with Crippen molar-refractivity contribution in [1.82, 2.24) is 4.90 Å². The second-order valence-corrected chi connectivity index (χ2v) is 5.66. The Labute approximate surface area is 116 Å². The van der Waals surface area contributed by atoms with Gasteiger partial charge in [0, 0.05) is 16.3 Å². The van der Waals surface area contributed by atoms with E-state index >= 15 is 0 Å². The van der Waals surface area contributed by atoms with Crippen LogP contribution in [0.25, 0.3) is 0 Å². The van der Waals surface area contributed by atoms with Crippen LogP contribution >= 0.6 is 11.8 Å². The van der Waals surface area contributed by atoms with Crippen LogP contribution in [0.5, 0.6) is 0 Å². The van der Waals surface area contributed by atoms with Gasteiger partial charge in [-0.1, -0.05) is 23.9 Å². The molecule has 0 aliphatic carbocycles. The van der Waals surface area contributed by atoms with Gasteiger partial charge in [0.1, 0.15) is 11.6 Å². The van der Waals surface area contributed by atoms with Gasteiger partial charge in [-0.3, -0.25) is 0 Å². The lowest BCUT2D eigenvalue weighted by Gasteiger charge is -2.14. The fourth-order valence-corrected chi connectivity index (χ4v) is 2.76. The van der Waals surface area contributed by atoms with Crippen LogP contribution in [0.4, 0.5) is 8.78 Å². The third kappa shape index (κ3) is 4.04. The highest BCUT2D eigenvalue weighted by Gasteiger charge is 2.08. The minimum absolute atomic E-state index is 0.276. The minimum atomic E-state index is -0.282. The molecular formula is C15H15F2NS. The van der Waals surface area contributed by atoms with Gasteiger partial charge in [-0.15, -0.1) is 0 Å². The average Bonchev–Trinajstić information content (AvgIpc) is 2.32. The second-order valence-electron chi connectivity index (χ2n) is 4.55. The monoisotopic (exact) mass is 279 g/mol. The van der Waals surface area contributed by atoms with Gasteiger partial charge in [-0.05, 0) is 50.0 Å². The molecule has 0 aromatic heterocycles. The zero-order valence-electron chi connectivity index (χ0n) is 10.9. The van der Waals surface area contributed by atoms with Crippen LogP contribution < -0.4 is 0 Å². The SMILES string of the molecule is CN(C)Cc1ccc(F)cc1Sc1cccc(F)c1. The van der Waals surface area contributed by atoms with Gasteiger partial charge in [-0.25, -0.2) is 8.78 Å². The van der Waals surface area contributed by atoms with Crippen molar-refractivity contribution in [2.24, 2.45) is 0 Å². The Bertz CT molecular complexity index is 570. The van der Waals surface area contributed by atoms with Gasteiger partial charge in [0.25, 0.3) is 0 Å². The van der Waals surface area contributed by atoms with Gasteiger partial charge < -0.3 is 4.90 Å². The van der Waals surface area contributed by atoms with Crippen LogP contribution in [0, 0.1) is 11.6 Å². The van der Waals surface area contributed by atoms with Crippen molar-refractivity contribution < 1.29 is 8.78 Å². The summed E-state index contributed by atoms with van der Waals surface area (Å²) in [4.78, 5) is 3.60. The Hall–Kier alpha value is -1.39. The Balaban J connectivity index is 2.30. The molecule has 2 aromatic rings. The summed E-state index contributed by atoms with van der Waals surface area (Å²) in [5, 5.41) is 0. The van der Waals surface area contributed by atoms with Gasteiger partial charge in [0.15, 0.2) is 0 Å². The number of hydrogen-bond donors (Lipinski definition) is 0. The summed E-state index contributed by atoms with van der Waals surface area (Å²) in [7, 11) is 3.92. The highest BCUT2D eigenvalue weighted by atomic mass is 32.2. The summed E-state index contributed by atoms with van der Waals surface area (Å²) in [6.45, 7) is 0.720. The summed E-state index contributed by atoms with van der Waals surface area (Å²) >= 11 is 1.38. The van der Waals surface area contributed by atoms with Crippen molar-refractivity contribution in [3.8, 4) is 0 Å². The van der Waals surface area contributed by atoms with E-state index in [1.807, 2.05) is 25.1 Å². The highest BCUT2D eigenvalue weighted by molar-refractivity contribution is 7.99. The summed E-state index contributed by atoms with van der Waals surface area (Å²) < 4.78 is 26.5. The van der Waals surface area contributed by atoms with Crippen LogP contribution in [0.2, 0.25) is 0 Å². The van der Waals surface area contributed by atoms with Crippen molar-refractivity contribution in [2.45, 2.75) is 16.3 Å². The molecule has 0 saturated heterocycles. The van der Waals surface area contributed by atoms with Crippen LogP contribution in [-0.4, -0.2) is 19.0 Å². The molecule has 0 radical (unpaired) electrons. The Morgan fingerprint density at radius 2 is 1.74 bits per heavy atom. The first-order chi connectivity index (χ1) is 9.04. The van der Waals surface area contributed by atoms with Crippen LogP contribution in [0.1, 0.15) is 5.56 Å². The molecule has 100 valence electrons. The number of halogens is 2. The molecule has 0 amide bonds. The number of nitrogens with zero attached hydrogens (tertiary/aromatic N) is 1. The summed E-state index contributed by atoms with van der Waals surface area (Å²) in [5.41, 5.74) is 1.03. The van der Waals surface area contributed by atoms with Gasteiger partial charge in [-0.2, -0.15) is 0 Å². The minimum Gasteiger partial charge on any atom is -0.305 e. The van der Waals surface area contributed by atoms with E-state index in [1.54, 1.807) is 12.1 Å². The smallest absolute Gasteiger partial charge is 0.124 e. The van der Waals surface area contributed by atoms with Crippen molar-refractivity contribution in [3.63, 3.8) is 0 Å². The average molecular weight is 279 g/mol. The van der Waals surface area contributed by atoms with Gasteiger partial charge >= 0.3 is 0 Å². The van der Waals surface area contributed by atoms with Crippen molar-refractivity contribution in [1.29, 1.82) is 0 Å². The molecule has 0 bridgehead atoms. The fraction of sp³-hybridized carbons (Fsp3) is 0.200. The fourth-order valence-electron chi connectivity index (χ4n) is 1.75. The van der Waals surface area contributed by atoms with E-state index in [4.69, 9.17) is 0 Å². The maximum Gasteiger partial charge on any atom is 0.124 e. The maximum absolute atomic E-state index is 13.4. The first-order valence-corrected chi connectivity index (χ1v) is 6.73. The molecule has 0 N–H and O–H groups in total.